The number of nitrogens with zero attached hydrogens (tertiary/aromatic N) is 4. The fourth-order valence-corrected chi connectivity index (χ4v) is 2.05. The molecule has 0 saturated carbocycles. The molecule has 1 aromatic carbocycles. The van der Waals surface area contributed by atoms with Crippen molar-refractivity contribution in [3.8, 4) is 0 Å². The molecule has 96 valence electrons. The first-order chi connectivity index (χ1) is 9.15. The minimum absolute atomic E-state index is 0.720. The Morgan fingerprint density at radius 3 is 2.89 bits per heavy atom. The Kier molecular flexibility index (Phi) is 2.83. The summed E-state index contributed by atoms with van der Waals surface area (Å²) in [5.74, 6) is 0.720. The van der Waals surface area contributed by atoms with Gasteiger partial charge < -0.3 is 5.32 Å². The first-order valence-electron chi connectivity index (χ1n) is 5.81. The number of fused-ring (bicyclic) bond motifs is 1. The number of rotatable bonds is 2. The molecule has 0 aliphatic rings. The standard InChI is InChI=1S/C13H12ClN5/c1-8-3-4-9(5-11(8)14)18-12-10-6-17-19(2)13(10)16-7-15-12/h3-7H,1-2H3,(H,15,16,18). The lowest BCUT2D eigenvalue weighted by Crippen LogP contribution is -1.97. The lowest BCUT2D eigenvalue weighted by atomic mass is 10.2. The topological polar surface area (TPSA) is 55.6 Å². The van der Waals surface area contributed by atoms with Gasteiger partial charge in [-0.3, -0.25) is 4.68 Å². The first-order valence-corrected chi connectivity index (χ1v) is 6.19. The third-order valence-corrected chi connectivity index (χ3v) is 3.37. The van der Waals surface area contributed by atoms with E-state index in [1.165, 1.54) is 6.33 Å². The quantitative estimate of drug-likeness (QED) is 0.780. The lowest BCUT2D eigenvalue weighted by molar-refractivity contribution is 0.785. The van der Waals surface area contributed by atoms with Crippen LogP contribution in [0.15, 0.2) is 30.7 Å². The summed E-state index contributed by atoms with van der Waals surface area (Å²) in [7, 11) is 1.85. The van der Waals surface area contributed by atoms with Crippen molar-refractivity contribution in [3.63, 3.8) is 0 Å². The summed E-state index contributed by atoms with van der Waals surface area (Å²) in [4.78, 5) is 8.45. The second kappa shape index (κ2) is 4.51. The van der Waals surface area contributed by atoms with E-state index in [9.17, 15) is 0 Å². The van der Waals surface area contributed by atoms with Crippen LogP contribution in [0.3, 0.4) is 0 Å². The zero-order chi connectivity index (χ0) is 13.4. The van der Waals surface area contributed by atoms with Crippen molar-refractivity contribution in [1.82, 2.24) is 19.7 Å². The summed E-state index contributed by atoms with van der Waals surface area (Å²) in [5.41, 5.74) is 2.72. The van der Waals surface area contributed by atoms with Gasteiger partial charge in [-0.2, -0.15) is 5.10 Å². The predicted molar refractivity (Wildman–Crippen MR) is 75.8 cm³/mol. The lowest BCUT2D eigenvalue weighted by Gasteiger charge is -2.07. The van der Waals surface area contributed by atoms with Crippen molar-refractivity contribution in [2.45, 2.75) is 6.92 Å². The summed E-state index contributed by atoms with van der Waals surface area (Å²) in [5, 5.41) is 9.02. The molecule has 19 heavy (non-hydrogen) atoms. The van der Waals surface area contributed by atoms with E-state index >= 15 is 0 Å². The molecule has 6 heteroatoms. The minimum Gasteiger partial charge on any atom is -0.339 e. The van der Waals surface area contributed by atoms with E-state index in [1.54, 1.807) is 10.9 Å². The first kappa shape index (κ1) is 11.9. The number of anilines is 2. The second-order valence-corrected chi connectivity index (χ2v) is 4.72. The molecule has 0 atom stereocenters. The van der Waals surface area contributed by atoms with Gasteiger partial charge in [-0.05, 0) is 24.6 Å². The number of halogens is 1. The Morgan fingerprint density at radius 1 is 1.26 bits per heavy atom. The van der Waals surface area contributed by atoms with E-state index in [0.717, 1.165) is 33.1 Å². The van der Waals surface area contributed by atoms with Gasteiger partial charge in [-0.15, -0.1) is 0 Å². The molecule has 3 aromatic rings. The van der Waals surface area contributed by atoms with Gasteiger partial charge >= 0.3 is 0 Å². The molecule has 0 saturated heterocycles. The predicted octanol–water partition coefficient (Wildman–Crippen LogP) is 3.07. The van der Waals surface area contributed by atoms with Gasteiger partial charge in [-0.25, -0.2) is 9.97 Å². The largest absolute Gasteiger partial charge is 0.339 e. The maximum absolute atomic E-state index is 6.11. The van der Waals surface area contributed by atoms with Gasteiger partial charge in [0, 0.05) is 17.8 Å². The van der Waals surface area contributed by atoms with Crippen LogP contribution in [-0.2, 0) is 7.05 Å². The van der Waals surface area contributed by atoms with Crippen LogP contribution in [0, 0.1) is 6.92 Å². The van der Waals surface area contributed by atoms with Crippen molar-refractivity contribution < 1.29 is 0 Å². The molecule has 0 radical (unpaired) electrons. The maximum atomic E-state index is 6.11. The highest BCUT2D eigenvalue weighted by Gasteiger charge is 2.08. The van der Waals surface area contributed by atoms with Gasteiger partial charge in [0.2, 0.25) is 0 Å². The van der Waals surface area contributed by atoms with E-state index in [4.69, 9.17) is 11.6 Å². The van der Waals surface area contributed by atoms with E-state index < -0.39 is 0 Å². The molecule has 2 heterocycles. The normalized spacial score (nSPS) is 10.9. The fraction of sp³-hybridized carbons (Fsp3) is 0.154. The fourth-order valence-electron chi connectivity index (χ4n) is 1.87. The van der Waals surface area contributed by atoms with Crippen molar-refractivity contribution in [1.29, 1.82) is 0 Å². The summed E-state index contributed by atoms with van der Waals surface area (Å²) in [6.07, 6.45) is 3.26. The Morgan fingerprint density at radius 2 is 2.11 bits per heavy atom. The Bertz CT molecular complexity index is 750. The summed E-state index contributed by atoms with van der Waals surface area (Å²) < 4.78 is 1.71. The Labute approximate surface area is 115 Å². The molecule has 2 aromatic heterocycles. The van der Waals surface area contributed by atoms with E-state index in [-0.39, 0.29) is 0 Å². The number of hydrogen-bond acceptors (Lipinski definition) is 4. The Balaban J connectivity index is 2.03. The van der Waals surface area contributed by atoms with Gasteiger partial charge in [0.05, 0.1) is 11.6 Å². The van der Waals surface area contributed by atoms with Crippen LogP contribution in [0.25, 0.3) is 11.0 Å². The smallest absolute Gasteiger partial charge is 0.163 e. The van der Waals surface area contributed by atoms with Gasteiger partial charge in [-0.1, -0.05) is 17.7 Å². The number of benzene rings is 1. The van der Waals surface area contributed by atoms with Crippen LogP contribution in [0.1, 0.15) is 5.56 Å². The van der Waals surface area contributed by atoms with Gasteiger partial charge in [0.1, 0.15) is 12.1 Å². The number of hydrogen-bond donors (Lipinski definition) is 1. The van der Waals surface area contributed by atoms with Crippen LogP contribution < -0.4 is 5.32 Å². The average Bonchev–Trinajstić information content (AvgIpc) is 2.77. The van der Waals surface area contributed by atoms with Gasteiger partial charge in [0.25, 0.3) is 0 Å². The highest BCUT2D eigenvalue weighted by molar-refractivity contribution is 6.31. The van der Waals surface area contributed by atoms with Crippen LogP contribution in [0.2, 0.25) is 5.02 Å². The SMILES string of the molecule is Cc1ccc(Nc2ncnc3c2cnn3C)cc1Cl. The number of aromatic nitrogens is 4. The third kappa shape index (κ3) is 2.13. The zero-order valence-corrected chi connectivity index (χ0v) is 11.3. The Hall–Kier alpha value is -2.14. The molecule has 1 N–H and O–H groups in total. The monoisotopic (exact) mass is 273 g/mol. The van der Waals surface area contributed by atoms with Crippen molar-refractivity contribution in [2.75, 3.05) is 5.32 Å². The highest BCUT2D eigenvalue weighted by Crippen LogP contribution is 2.25. The van der Waals surface area contributed by atoms with Crippen molar-refractivity contribution >= 4 is 34.1 Å². The van der Waals surface area contributed by atoms with Crippen LogP contribution in [0.4, 0.5) is 11.5 Å². The summed E-state index contributed by atoms with van der Waals surface area (Å²) in [6.45, 7) is 1.97. The zero-order valence-electron chi connectivity index (χ0n) is 10.6. The molecule has 0 bridgehead atoms. The van der Waals surface area contributed by atoms with Crippen molar-refractivity contribution in [3.05, 3.63) is 41.3 Å². The minimum atomic E-state index is 0.720. The maximum Gasteiger partial charge on any atom is 0.163 e. The molecule has 0 amide bonds. The van der Waals surface area contributed by atoms with E-state index in [1.807, 2.05) is 32.2 Å². The summed E-state index contributed by atoms with van der Waals surface area (Å²) >= 11 is 6.11. The second-order valence-electron chi connectivity index (χ2n) is 4.32. The van der Waals surface area contributed by atoms with Crippen LogP contribution in [-0.4, -0.2) is 19.7 Å². The van der Waals surface area contributed by atoms with E-state index in [2.05, 4.69) is 20.4 Å². The molecule has 3 rings (SSSR count). The molecular formula is C13H12ClN5. The average molecular weight is 274 g/mol. The number of aryl methyl sites for hydroxylation is 2. The van der Waals surface area contributed by atoms with Gasteiger partial charge in [0.15, 0.2) is 5.65 Å². The molecule has 0 unspecified atom stereocenters. The molecule has 5 nitrogen and oxygen atoms in total. The molecule has 0 aliphatic heterocycles. The van der Waals surface area contributed by atoms with E-state index in [0.29, 0.717) is 0 Å². The molecule has 0 spiro atoms. The highest BCUT2D eigenvalue weighted by atomic mass is 35.5. The van der Waals surface area contributed by atoms with Crippen LogP contribution in [0.5, 0.6) is 0 Å². The van der Waals surface area contributed by atoms with Crippen LogP contribution >= 0.6 is 11.6 Å². The number of nitrogens with one attached hydrogen (secondary N) is 1. The molecule has 0 aliphatic carbocycles. The third-order valence-electron chi connectivity index (χ3n) is 2.96. The van der Waals surface area contributed by atoms with Crippen molar-refractivity contribution in [2.24, 2.45) is 7.05 Å². The molecular weight excluding hydrogens is 262 g/mol. The molecule has 0 fully saturated rings. The summed E-state index contributed by atoms with van der Waals surface area (Å²) in [6, 6.07) is 5.80.